The molecule has 1 amide bonds. The summed E-state index contributed by atoms with van der Waals surface area (Å²) < 4.78 is 18.6. The van der Waals surface area contributed by atoms with E-state index in [-0.39, 0.29) is 23.9 Å². The smallest absolute Gasteiger partial charge is 0.241 e. The first-order chi connectivity index (χ1) is 8.99. The SMILES string of the molecule is CCOc1cc(NCC(=O)N(C)CC)c(N)cc1F. The highest BCUT2D eigenvalue weighted by molar-refractivity contribution is 5.82. The van der Waals surface area contributed by atoms with E-state index in [0.717, 1.165) is 0 Å². The third kappa shape index (κ3) is 4.01. The van der Waals surface area contributed by atoms with Crippen molar-refractivity contribution in [3.63, 3.8) is 0 Å². The summed E-state index contributed by atoms with van der Waals surface area (Å²) in [5.41, 5.74) is 6.43. The first kappa shape index (κ1) is 15.1. The van der Waals surface area contributed by atoms with E-state index in [1.165, 1.54) is 12.1 Å². The minimum Gasteiger partial charge on any atom is -0.491 e. The van der Waals surface area contributed by atoms with Crippen molar-refractivity contribution in [2.75, 3.05) is 37.8 Å². The lowest BCUT2D eigenvalue weighted by Gasteiger charge is -2.16. The van der Waals surface area contributed by atoms with Gasteiger partial charge in [-0.25, -0.2) is 4.39 Å². The second-order valence-corrected chi connectivity index (χ2v) is 4.06. The number of nitrogens with two attached hydrogens (primary N) is 1. The van der Waals surface area contributed by atoms with Crippen molar-refractivity contribution in [1.29, 1.82) is 0 Å². The van der Waals surface area contributed by atoms with Crippen LogP contribution >= 0.6 is 0 Å². The zero-order chi connectivity index (χ0) is 14.4. The van der Waals surface area contributed by atoms with Crippen LogP contribution in [0.3, 0.4) is 0 Å². The van der Waals surface area contributed by atoms with E-state index in [4.69, 9.17) is 10.5 Å². The molecule has 3 N–H and O–H groups in total. The van der Waals surface area contributed by atoms with Crippen molar-refractivity contribution in [2.24, 2.45) is 0 Å². The molecule has 19 heavy (non-hydrogen) atoms. The fraction of sp³-hybridized carbons (Fsp3) is 0.462. The number of carbonyl (C=O) groups is 1. The van der Waals surface area contributed by atoms with Gasteiger partial charge in [0, 0.05) is 25.7 Å². The van der Waals surface area contributed by atoms with Crippen LogP contribution < -0.4 is 15.8 Å². The van der Waals surface area contributed by atoms with Gasteiger partial charge in [-0.1, -0.05) is 0 Å². The summed E-state index contributed by atoms with van der Waals surface area (Å²) in [5.74, 6) is -0.457. The zero-order valence-electron chi connectivity index (χ0n) is 11.5. The second-order valence-electron chi connectivity index (χ2n) is 4.06. The number of anilines is 2. The highest BCUT2D eigenvalue weighted by atomic mass is 19.1. The van der Waals surface area contributed by atoms with Crippen LogP contribution in [0.2, 0.25) is 0 Å². The lowest BCUT2D eigenvalue weighted by atomic mass is 10.2. The van der Waals surface area contributed by atoms with Gasteiger partial charge in [0.05, 0.1) is 24.5 Å². The summed E-state index contributed by atoms with van der Waals surface area (Å²) in [6, 6.07) is 2.65. The van der Waals surface area contributed by atoms with E-state index in [2.05, 4.69) is 5.32 Å². The molecule has 1 aromatic rings. The molecule has 0 heterocycles. The number of hydrogen-bond donors (Lipinski definition) is 2. The second kappa shape index (κ2) is 6.82. The monoisotopic (exact) mass is 269 g/mol. The number of likely N-dealkylation sites (N-methyl/N-ethyl adjacent to an activating group) is 1. The molecule has 0 aliphatic heterocycles. The molecule has 0 fully saturated rings. The van der Waals surface area contributed by atoms with Crippen LogP contribution in [0.25, 0.3) is 0 Å². The highest BCUT2D eigenvalue weighted by Gasteiger charge is 2.11. The highest BCUT2D eigenvalue weighted by Crippen LogP contribution is 2.28. The molecule has 1 rings (SSSR count). The van der Waals surface area contributed by atoms with Gasteiger partial charge in [-0.3, -0.25) is 4.79 Å². The molecule has 0 aliphatic carbocycles. The van der Waals surface area contributed by atoms with Crippen molar-refractivity contribution in [3.8, 4) is 5.75 Å². The lowest BCUT2D eigenvalue weighted by molar-refractivity contribution is -0.127. The number of benzene rings is 1. The number of nitrogen functional groups attached to an aromatic ring is 1. The Hall–Kier alpha value is -1.98. The van der Waals surface area contributed by atoms with Crippen LogP contribution in [0, 0.1) is 5.82 Å². The van der Waals surface area contributed by atoms with E-state index in [1.807, 2.05) is 6.92 Å². The number of nitrogens with zero attached hydrogens (tertiary/aromatic N) is 1. The lowest BCUT2D eigenvalue weighted by Crippen LogP contribution is -2.32. The third-order valence-corrected chi connectivity index (χ3v) is 2.73. The Morgan fingerprint density at radius 2 is 2.16 bits per heavy atom. The maximum Gasteiger partial charge on any atom is 0.241 e. The van der Waals surface area contributed by atoms with Crippen molar-refractivity contribution >= 4 is 17.3 Å². The fourth-order valence-corrected chi connectivity index (χ4v) is 1.47. The average Bonchev–Trinajstić information content (AvgIpc) is 2.39. The number of hydrogen-bond acceptors (Lipinski definition) is 4. The summed E-state index contributed by atoms with van der Waals surface area (Å²) in [5, 5.41) is 2.89. The predicted octanol–water partition coefficient (Wildman–Crippen LogP) is 1.70. The third-order valence-electron chi connectivity index (χ3n) is 2.73. The normalized spacial score (nSPS) is 10.1. The molecule has 0 aromatic heterocycles. The van der Waals surface area contributed by atoms with Gasteiger partial charge in [0.25, 0.3) is 0 Å². The molecular weight excluding hydrogens is 249 g/mol. The molecule has 0 unspecified atom stereocenters. The van der Waals surface area contributed by atoms with Gasteiger partial charge < -0.3 is 20.7 Å². The largest absolute Gasteiger partial charge is 0.491 e. The Morgan fingerprint density at radius 3 is 2.74 bits per heavy atom. The summed E-state index contributed by atoms with van der Waals surface area (Å²) in [6.07, 6.45) is 0. The van der Waals surface area contributed by atoms with Crippen molar-refractivity contribution in [1.82, 2.24) is 4.90 Å². The number of amides is 1. The van der Waals surface area contributed by atoms with Gasteiger partial charge in [0.1, 0.15) is 0 Å². The Labute approximate surface area is 112 Å². The topological polar surface area (TPSA) is 67.6 Å². The number of rotatable bonds is 6. The minimum absolute atomic E-state index is 0.0656. The number of ether oxygens (including phenoxy) is 1. The Kier molecular flexibility index (Phi) is 5.41. The average molecular weight is 269 g/mol. The van der Waals surface area contributed by atoms with Gasteiger partial charge in [-0.15, -0.1) is 0 Å². The Morgan fingerprint density at radius 1 is 1.47 bits per heavy atom. The van der Waals surface area contributed by atoms with Crippen LogP contribution in [0.5, 0.6) is 5.75 Å². The van der Waals surface area contributed by atoms with Crippen molar-refractivity contribution in [2.45, 2.75) is 13.8 Å². The summed E-state index contributed by atoms with van der Waals surface area (Å²) in [4.78, 5) is 13.2. The standard InChI is InChI=1S/C13H20FN3O2/c1-4-17(3)13(18)8-16-11-7-12(19-5-2)9(14)6-10(11)15/h6-7,16H,4-5,8,15H2,1-3H3. The van der Waals surface area contributed by atoms with Crippen LogP contribution in [-0.2, 0) is 4.79 Å². The number of halogens is 1. The molecule has 6 heteroatoms. The summed E-state index contributed by atoms with van der Waals surface area (Å²) >= 11 is 0. The molecule has 0 saturated heterocycles. The van der Waals surface area contributed by atoms with E-state index in [9.17, 15) is 9.18 Å². The molecule has 106 valence electrons. The Balaban J connectivity index is 2.78. The maximum absolute atomic E-state index is 13.5. The van der Waals surface area contributed by atoms with Gasteiger partial charge in [-0.05, 0) is 13.8 Å². The number of carbonyl (C=O) groups excluding carboxylic acids is 1. The van der Waals surface area contributed by atoms with E-state index >= 15 is 0 Å². The molecule has 0 atom stereocenters. The van der Waals surface area contributed by atoms with Crippen molar-refractivity contribution in [3.05, 3.63) is 17.9 Å². The minimum atomic E-state index is -0.512. The van der Waals surface area contributed by atoms with Gasteiger partial charge in [0.15, 0.2) is 11.6 Å². The van der Waals surface area contributed by atoms with E-state index in [0.29, 0.717) is 18.8 Å². The molecule has 0 spiro atoms. The van der Waals surface area contributed by atoms with Crippen LogP contribution in [0.4, 0.5) is 15.8 Å². The molecule has 0 aliphatic rings. The predicted molar refractivity (Wildman–Crippen MR) is 73.8 cm³/mol. The molecule has 5 nitrogen and oxygen atoms in total. The first-order valence-corrected chi connectivity index (χ1v) is 6.19. The fourth-order valence-electron chi connectivity index (χ4n) is 1.47. The maximum atomic E-state index is 13.5. The number of nitrogens with one attached hydrogen (secondary N) is 1. The zero-order valence-corrected chi connectivity index (χ0v) is 11.5. The molecule has 0 saturated carbocycles. The summed E-state index contributed by atoms with van der Waals surface area (Å²) in [6.45, 7) is 4.74. The molecule has 1 aromatic carbocycles. The van der Waals surface area contributed by atoms with Crippen LogP contribution in [0.1, 0.15) is 13.8 Å². The first-order valence-electron chi connectivity index (χ1n) is 6.19. The van der Waals surface area contributed by atoms with Gasteiger partial charge in [-0.2, -0.15) is 0 Å². The molecular formula is C13H20FN3O2. The quantitative estimate of drug-likeness (QED) is 0.771. The van der Waals surface area contributed by atoms with Gasteiger partial charge in [0.2, 0.25) is 5.91 Å². The Bertz CT molecular complexity index is 452. The molecule has 0 bridgehead atoms. The van der Waals surface area contributed by atoms with Crippen LogP contribution in [-0.4, -0.2) is 37.6 Å². The summed E-state index contributed by atoms with van der Waals surface area (Å²) in [7, 11) is 1.71. The van der Waals surface area contributed by atoms with Crippen molar-refractivity contribution < 1.29 is 13.9 Å². The molecule has 0 radical (unpaired) electrons. The van der Waals surface area contributed by atoms with E-state index < -0.39 is 5.82 Å². The van der Waals surface area contributed by atoms with Gasteiger partial charge >= 0.3 is 0 Å². The van der Waals surface area contributed by atoms with Crippen LogP contribution in [0.15, 0.2) is 12.1 Å². The van der Waals surface area contributed by atoms with E-state index in [1.54, 1.807) is 18.9 Å².